The fourth-order valence-electron chi connectivity index (χ4n) is 4.42. The summed E-state index contributed by atoms with van der Waals surface area (Å²) < 4.78 is 0. The molecule has 0 saturated carbocycles. The largest absolute Gasteiger partial charge is 0.273 e. The van der Waals surface area contributed by atoms with E-state index >= 15 is 0 Å². The molecule has 0 aromatic heterocycles. The maximum atomic E-state index is 13.7. The number of anilines is 2. The third kappa shape index (κ3) is 2.66. The van der Waals surface area contributed by atoms with Crippen molar-refractivity contribution in [3.8, 4) is 0 Å². The van der Waals surface area contributed by atoms with Gasteiger partial charge in [0.2, 0.25) is 5.91 Å². The minimum atomic E-state index is -1.10. The van der Waals surface area contributed by atoms with E-state index in [9.17, 15) is 9.59 Å². The average Bonchev–Trinajstić information content (AvgIpc) is 3.18. The zero-order chi connectivity index (χ0) is 20.9. The summed E-state index contributed by atoms with van der Waals surface area (Å²) >= 11 is 6.11. The van der Waals surface area contributed by atoms with Gasteiger partial charge in [0.15, 0.2) is 6.10 Å². The number of carbonyl (C=O) groups is 2. The molecule has 3 aromatic carbocycles. The molecule has 30 heavy (non-hydrogen) atoms. The molecule has 3 aromatic rings. The van der Waals surface area contributed by atoms with E-state index in [1.165, 1.54) is 4.90 Å². The highest BCUT2D eigenvalue weighted by atomic mass is 35.5. The standard InChI is InChI=1S/C24H19ClN2O3/c1-24-20(16-9-4-2-5-10-16)27(18-12-6-3-7-13-18)30-21(24)22(28)26(23(24)29)19-14-8-11-17(25)15-19/h2-15,20-21H,1H3. The molecular formula is C24H19ClN2O3. The lowest BCUT2D eigenvalue weighted by molar-refractivity contribution is -0.128. The van der Waals surface area contributed by atoms with Gasteiger partial charge in [-0.3, -0.25) is 14.4 Å². The minimum absolute atomic E-state index is 0.299. The second-order valence-electron chi connectivity index (χ2n) is 7.70. The number of amides is 2. The van der Waals surface area contributed by atoms with E-state index < -0.39 is 17.6 Å². The van der Waals surface area contributed by atoms with Crippen molar-refractivity contribution >= 4 is 34.8 Å². The number of imide groups is 1. The van der Waals surface area contributed by atoms with Crippen LogP contribution in [0.1, 0.15) is 18.5 Å². The summed E-state index contributed by atoms with van der Waals surface area (Å²) in [4.78, 5) is 34.5. The van der Waals surface area contributed by atoms with E-state index in [2.05, 4.69) is 0 Å². The lowest BCUT2D eigenvalue weighted by Crippen LogP contribution is -2.41. The molecule has 0 aliphatic carbocycles. The summed E-state index contributed by atoms with van der Waals surface area (Å²) in [5, 5.41) is 2.16. The molecule has 2 heterocycles. The van der Waals surface area contributed by atoms with Crippen LogP contribution in [0.3, 0.4) is 0 Å². The van der Waals surface area contributed by atoms with Gasteiger partial charge in [0, 0.05) is 5.02 Å². The molecule has 0 N–H and O–H groups in total. The summed E-state index contributed by atoms with van der Waals surface area (Å²) in [6.07, 6.45) is -0.936. The molecule has 0 bridgehead atoms. The van der Waals surface area contributed by atoms with Gasteiger partial charge in [-0.25, -0.2) is 9.96 Å². The van der Waals surface area contributed by atoms with Gasteiger partial charge < -0.3 is 0 Å². The van der Waals surface area contributed by atoms with Crippen LogP contribution in [0.15, 0.2) is 84.9 Å². The molecule has 2 aliphatic heterocycles. The zero-order valence-electron chi connectivity index (χ0n) is 16.2. The summed E-state index contributed by atoms with van der Waals surface area (Å²) in [6, 6.07) is 25.5. The molecule has 5 nitrogen and oxygen atoms in total. The lowest BCUT2D eigenvalue weighted by Gasteiger charge is -2.32. The number of benzene rings is 3. The van der Waals surface area contributed by atoms with E-state index in [4.69, 9.17) is 16.4 Å². The number of halogens is 1. The monoisotopic (exact) mass is 418 g/mol. The predicted molar refractivity (Wildman–Crippen MR) is 115 cm³/mol. The lowest BCUT2D eigenvalue weighted by atomic mass is 9.76. The van der Waals surface area contributed by atoms with Gasteiger partial charge in [-0.15, -0.1) is 0 Å². The summed E-state index contributed by atoms with van der Waals surface area (Å²) in [6.45, 7) is 1.81. The van der Waals surface area contributed by atoms with Crippen molar-refractivity contribution in [3.63, 3.8) is 0 Å². The molecule has 6 heteroatoms. The fourth-order valence-corrected chi connectivity index (χ4v) is 4.61. The molecular weight excluding hydrogens is 400 g/mol. The summed E-state index contributed by atoms with van der Waals surface area (Å²) in [5.74, 6) is -0.684. The molecule has 150 valence electrons. The van der Waals surface area contributed by atoms with Gasteiger partial charge in [-0.05, 0) is 42.8 Å². The smallest absolute Gasteiger partial charge is 0.266 e. The first-order valence-corrected chi connectivity index (χ1v) is 10.1. The number of rotatable bonds is 3. The second-order valence-corrected chi connectivity index (χ2v) is 8.14. The maximum absolute atomic E-state index is 13.7. The normalized spacial score (nSPS) is 25.7. The highest BCUT2D eigenvalue weighted by Gasteiger charge is 2.68. The van der Waals surface area contributed by atoms with Crippen LogP contribution < -0.4 is 9.96 Å². The summed E-state index contributed by atoms with van der Waals surface area (Å²) in [5.41, 5.74) is 1.04. The first-order chi connectivity index (χ1) is 14.5. The molecule has 2 saturated heterocycles. The Morgan fingerprint density at radius 1 is 0.867 bits per heavy atom. The van der Waals surface area contributed by atoms with Crippen molar-refractivity contribution in [1.82, 2.24) is 0 Å². The first kappa shape index (κ1) is 18.9. The Morgan fingerprint density at radius 2 is 1.50 bits per heavy atom. The van der Waals surface area contributed by atoms with Crippen molar-refractivity contribution in [2.75, 3.05) is 9.96 Å². The zero-order valence-corrected chi connectivity index (χ0v) is 17.0. The second kappa shape index (κ2) is 6.97. The van der Waals surface area contributed by atoms with Crippen LogP contribution in [0.4, 0.5) is 11.4 Å². The Hall–Kier alpha value is -3.15. The molecule has 2 amide bonds. The topological polar surface area (TPSA) is 49.9 Å². The number of nitrogens with zero attached hydrogens (tertiary/aromatic N) is 2. The molecule has 0 radical (unpaired) electrons. The van der Waals surface area contributed by atoms with Crippen molar-refractivity contribution in [1.29, 1.82) is 0 Å². The van der Waals surface area contributed by atoms with Crippen LogP contribution >= 0.6 is 11.6 Å². The van der Waals surface area contributed by atoms with Gasteiger partial charge in [0.05, 0.1) is 17.4 Å². The first-order valence-electron chi connectivity index (χ1n) is 9.72. The van der Waals surface area contributed by atoms with E-state index in [1.807, 2.05) is 67.6 Å². The average molecular weight is 419 g/mol. The van der Waals surface area contributed by atoms with Gasteiger partial charge in [-0.2, -0.15) is 0 Å². The molecule has 3 unspecified atom stereocenters. The van der Waals surface area contributed by atoms with Crippen LogP contribution in [0.5, 0.6) is 0 Å². The Morgan fingerprint density at radius 3 is 2.17 bits per heavy atom. The van der Waals surface area contributed by atoms with Crippen LogP contribution in [-0.2, 0) is 14.4 Å². The van der Waals surface area contributed by atoms with Crippen LogP contribution in [0.25, 0.3) is 0 Å². The third-order valence-electron chi connectivity index (χ3n) is 5.87. The van der Waals surface area contributed by atoms with E-state index in [-0.39, 0.29) is 11.8 Å². The number of hydrogen-bond acceptors (Lipinski definition) is 4. The predicted octanol–water partition coefficient (Wildman–Crippen LogP) is 4.78. The van der Waals surface area contributed by atoms with E-state index in [1.54, 1.807) is 29.3 Å². The highest BCUT2D eigenvalue weighted by Crippen LogP contribution is 2.55. The van der Waals surface area contributed by atoms with E-state index in [0.29, 0.717) is 10.7 Å². The Bertz CT molecular complexity index is 1120. The molecule has 2 aliphatic rings. The SMILES string of the molecule is CC12C(=O)N(c3cccc(Cl)c3)C(=O)C1ON(c1ccccc1)C2c1ccccc1. The van der Waals surface area contributed by atoms with Gasteiger partial charge in [0.25, 0.3) is 5.91 Å². The number of carbonyl (C=O) groups excluding carboxylic acids is 2. The number of fused-ring (bicyclic) bond motifs is 1. The summed E-state index contributed by atoms with van der Waals surface area (Å²) in [7, 11) is 0. The van der Waals surface area contributed by atoms with Crippen molar-refractivity contribution in [2.24, 2.45) is 5.41 Å². The van der Waals surface area contributed by atoms with Crippen LogP contribution in [-0.4, -0.2) is 17.9 Å². The fraction of sp³-hybridized carbons (Fsp3) is 0.167. The van der Waals surface area contributed by atoms with Gasteiger partial charge in [-0.1, -0.05) is 66.2 Å². The Kier molecular flexibility index (Phi) is 4.38. The molecule has 5 rings (SSSR count). The van der Waals surface area contributed by atoms with Crippen molar-refractivity contribution in [2.45, 2.75) is 19.1 Å². The Labute approximate surface area is 179 Å². The molecule has 0 spiro atoms. The number of hydroxylamine groups is 1. The number of para-hydroxylation sites is 1. The third-order valence-corrected chi connectivity index (χ3v) is 6.10. The minimum Gasteiger partial charge on any atom is -0.273 e. The van der Waals surface area contributed by atoms with Crippen molar-refractivity contribution < 1.29 is 14.4 Å². The molecule has 3 atom stereocenters. The molecule has 2 fully saturated rings. The Balaban J connectivity index is 1.64. The number of hydrogen-bond donors (Lipinski definition) is 0. The van der Waals surface area contributed by atoms with Crippen LogP contribution in [0.2, 0.25) is 5.02 Å². The van der Waals surface area contributed by atoms with Crippen LogP contribution in [0, 0.1) is 5.41 Å². The van der Waals surface area contributed by atoms with E-state index in [0.717, 1.165) is 11.3 Å². The van der Waals surface area contributed by atoms with Gasteiger partial charge >= 0.3 is 0 Å². The van der Waals surface area contributed by atoms with Crippen molar-refractivity contribution in [3.05, 3.63) is 95.5 Å². The highest BCUT2D eigenvalue weighted by molar-refractivity contribution is 6.31. The maximum Gasteiger partial charge on any atom is 0.266 e. The van der Waals surface area contributed by atoms with Gasteiger partial charge in [0.1, 0.15) is 5.41 Å². The quantitative estimate of drug-likeness (QED) is 0.574.